The molecule has 0 aliphatic heterocycles. The maximum atomic E-state index is 5.90. The number of hydrogen-bond donors (Lipinski definition) is 1. The lowest BCUT2D eigenvalue weighted by atomic mass is 10.1. The van der Waals surface area contributed by atoms with E-state index in [0.717, 1.165) is 22.4 Å². The van der Waals surface area contributed by atoms with Gasteiger partial charge in [-0.2, -0.15) is 5.10 Å². The Labute approximate surface area is 89.1 Å². The second-order valence-corrected chi connectivity index (χ2v) is 4.08. The number of aromatic nitrogens is 3. The smallest absolute Gasteiger partial charge is 0.158 e. The van der Waals surface area contributed by atoms with Crippen molar-refractivity contribution in [3.8, 4) is 0 Å². The topological polar surface area (TPSA) is 56.7 Å². The third kappa shape index (κ3) is 1.51. The lowest BCUT2D eigenvalue weighted by molar-refractivity contribution is 0.708. The molecule has 0 radical (unpaired) electrons. The van der Waals surface area contributed by atoms with Gasteiger partial charge in [0.25, 0.3) is 0 Å². The molecule has 2 N–H and O–H groups in total. The van der Waals surface area contributed by atoms with Crippen molar-refractivity contribution in [3.63, 3.8) is 0 Å². The van der Waals surface area contributed by atoms with Crippen molar-refractivity contribution in [1.82, 2.24) is 14.8 Å². The van der Waals surface area contributed by atoms with Crippen LogP contribution in [0, 0.1) is 13.8 Å². The molecule has 15 heavy (non-hydrogen) atoms. The van der Waals surface area contributed by atoms with E-state index in [-0.39, 0.29) is 6.04 Å². The molecule has 2 aromatic heterocycles. The minimum Gasteiger partial charge on any atom is -0.323 e. The zero-order valence-corrected chi connectivity index (χ0v) is 9.57. The Balaban J connectivity index is 2.87. The van der Waals surface area contributed by atoms with Crippen molar-refractivity contribution >= 4 is 11.0 Å². The van der Waals surface area contributed by atoms with E-state index >= 15 is 0 Å². The number of hydrogen-bond acceptors (Lipinski definition) is 3. The summed E-state index contributed by atoms with van der Waals surface area (Å²) in [5.41, 5.74) is 9.95. The Kier molecular flexibility index (Phi) is 2.23. The average molecular weight is 204 g/mol. The molecule has 4 heteroatoms. The molecule has 0 fully saturated rings. The first-order chi connectivity index (χ1) is 7.00. The Bertz CT molecular complexity index is 511. The molecule has 2 aromatic rings. The third-order valence-electron chi connectivity index (χ3n) is 2.58. The van der Waals surface area contributed by atoms with E-state index in [4.69, 9.17) is 5.73 Å². The Morgan fingerprint density at radius 1 is 1.40 bits per heavy atom. The predicted octanol–water partition coefficient (Wildman–Crippen LogP) is 1.60. The minimum atomic E-state index is -0.0584. The van der Waals surface area contributed by atoms with E-state index in [1.165, 1.54) is 5.56 Å². The molecule has 0 bridgehead atoms. The molecule has 1 unspecified atom stereocenters. The largest absolute Gasteiger partial charge is 0.323 e. The first-order valence-corrected chi connectivity index (χ1v) is 5.07. The van der Waals surface area contributed by atoms with Gasteiger partial charge in [0.15, 0.2) is 5.65 Å². The van der Waals surface area contributed by atoms with E-state index in [9.17, 15) is 0 Å². The molecule has 0 spiro atoms. The fraction of sp³-hybridized carbons (Fsp3) is 0.455. The number of fused-ring (bicyclic) bond motifs is 1. The fourth-order valence-electron chi connectivity index (χ4n) is 1.95. The van der Waals surface area contributed by atoms with Gasteiger partial charge in [0, 0.05) is 24.2 Å². The van der Waals surface area contributed by atoms with Gasteiger partial charge < -0.3 is 5.73 Å². The minimum absolute atomic E-state index is 0.0584. The van der Waals surface area contributed by atoms with Gasteiger partial charge in [0.2, 0.25) is 0 Å². The van der Waals surface area contributed by atoms with Gasteiger partial charge in [-0.25, -0.2) is 4.98 Å². The summed E-state index contributed by atoms with van der Waals surface area (Å²) in [5, 5.41) is 5.52. The second-order valence-electron chi connectivity index (χ2n) is 4.08. The number of nitrogens with two attached hydrogens (primary N) is 1. The average Bonchev–Trinajstić information content (AvgIpc) is 2.44. The van der Waals surface area contributed by atoms with Gasteiger partial charge in [0.1, 0.15) is 0 Å². The highest BCUT2D eigenvalue weighted by Gasteiger charge is 2.15. The summed E-state index contributed by atoms with van der Waals surface area (Å²) in [6, 6.07) is 2.01. The van der Waals surface area contributed by atoms with Crippen molar-refractivity contribution in [1.29, 1.82) is 0 Å². The molecule has 80 valence electrons. The van der Waals surface area contributed by atoms with Crippen LogP contribution in [-0.4, -0.2) is 14.8 Å². The van der Waals surface area contributed by atoms with Crippen LogP contribution in [0.3, 0.4) is 0 Å². The molecule has 0 amide bonds. The van der Waals surface area contributed by atoms with Crippen LogP contribution < -0.4 is 5.73 Å². The maximum Gasteiger partial charge on any atom is 0.158 e. The van der Waals surface area contributed by atoms with Gasteiger partial charge in [-0.1, -0.05) is 0 Å². The molecule has 1 atom stereocenters. The Morgan fingerprint density at radius 2 is 2.07 bits per heavy atom. The van der Waals surface area contributed by atoms with Crippen molar-refractivity contribution in [3.05, 3.63) is 23.0 Å². The van der Waals surface area contributed by atoms with Crippen LogP contribution in [0.25, 0.3) is 11.0 Å². The lowest BCUT2D eigenvalue weighted by Crippen LogP contribution is -2.06. The highest BCUT2D eigenvalue weighted by atomic mass is 15.3. The van der Waals surface area contributed by atoms with Crippen LogP contribution in [0.5, 0.6) is 0 Å². The van der Waals surface area contributed by atoms with Crippen LogP contribution in [0.2, 0.25) is 0 Å². The molecule has 0 aromatic carbocycles. The quantitative estimate of drug-likeness (QED) is 0.767. The summed E-state index contributed by atoms with van der Waals surface area (Å²) in [7, 11) is 1.90. The summed E-state index contributed by atoms with van der Waals surface area (Å²) in [4.78, 5) is 4.48. The Hall–Kier alpha value is -1.42. The zero-order valence-electron chi connectivity index (χ0n) is 9.57. The van der Waals surface area contributed by atoms with E-state index in [2.05, 4.69) is 23.1 Å². The molecule has 0 saturated heterocycles. The maximum absolute atomic E-state index is 5.90. The van der Waals surface area contributed by atoms with Gasteiger partial charge in [0.05, 0.1) is 5.69 Å². The summed E-state index contributed by atoms with van der Waals surface area (Å²) < 4.78 is 1.80. The van der Waals surface area contributed by atoms with Gasteiger partial charge in [-0.15, -0.1) is 0 Å². The van der Waals surface area contributed by atoms with Gasteiger partial charge in [-0.05, 0) is 32.4 Å². The van der Waals surface area contributed by atoms with Crippen molar-refractivity contribution < 1.29 is 0 Å². The summed E-state index contributed by atoms with van der Waals surface area (Å²) in [5.74, 6) is 0. The van der Waals surface area contributed by atoms with Crippen LogP contribution in [0.15, 0.2) is 6.07 Å². The third-order valence-corrected chi connectivity index (χ3v) is 2.58. The summed E-state index contributed by atoms with van der Waals surface area (Å²) in [6.07, 6.45) is 0. The summed E-state index contributed by atoms with van der Waals surface area (Å²) >= 11 is 0. The van der Waals surface area contributed by atoms with Crippen LogP contribution in [0.4, 0.5) is 0 Å². The van der Waals surface area contributed by atoms with E-state index in [1.54, 1.807) is 4.68 Å². The molecule has 2 rings (SSSR count). The number of aryl methyl sites for hydroxylation is 3. The molecule has 4 nitrogen and oxygen atoms in total. The molecule has 0 aliphatic rings. The molecule has 0 aliphatic carbocycles. The molecular weight excluding hydrogens is 188 g/mol. The van der Waals surface area contributed by atoms with E-state index in [0.29, 0.717) is 0 Å². The van der Waals surface area contributed by atoms with E-state index in [1.807, 2.05) is 20.9 Å². The molecular formula is C11H16N4. The van der Waals surface area contributed by atoms with Gasteiger partial charge in [-0.3, -0.25) is 4.68 Å². The predicted molar refractivity (Wildman–Crippen MR) is 60.6 cm³/mol. The van der Waals surface area contributed by atoms with Crippen molar-refractivity contribution in [2.45, 2.75) is 26.8 Å². The monoisotopic (exact) mass is 204 g/mol. The highest BCUT2D eigenvalue weighted by molar-refractivity contribution is 5.82. The second kappa shape index (κ2) is 3.31. The van der Waals surface area contributed by atoms with Gasteiger partial charge >= 0.3 is 0 Å². The molecule has 2 heterocycles. The first kappa shape index (κ1) is 10.1. The highest BCUT2D eigenvalue weighted by Crippen LogP contribution is 2.24. The molecule has 0 saturated carbocycles. The summed E-state index contributed by atoms with van der Waals surface area (Å²) in [6.45, 7) is 6.01. The van der Waals surface area contributed by atoms with Crippen LogP contribution >= 0.6 is 0 Å². The van der Waals surface area contributed by atoms with E-state index < -0.39 is 0 Å². The SMILES string of the molecule is Cc1cc(C)c2c(C(C)N)nn(C)c2n1. The fourth-order valence-corrected chi connectivity index (χ4v) is 1.95. The van der Waals surface area contributed by atoms with Crippen molar-refractivity contribution in [2.75, 3.05) is 0 Å². The first-order valence-electron chi connectivity index (χ1n) is 5.07. The van der Waals surface area contributed by atoms with Crippen LogP contribution in [-0.2, 0) is 7.05 Å². The normalized spacial score (nSPS) is 13.4. The van der Waals surface area contributed by atoms with Crippen LogP contribution in [0.1, 0.15) is 29.9 Å². The number of pyridine rings is 1. The number of nitrogens with zero attached hydrogens (tertiary/aromatic N) is 3. The lowest BCUT2D eigenvalue weighted by Gasteiger charge is -2.03. The number of rotatable bonds is 1. The zero-order chi connectivity index (χ0) is 11.2. The Morgan fingerprint density at radius 3 is 2.67 bits per heavy atom. The van der Waals surface area contributed by atoms with Crippen molar-refractivity contribution in [2.24, 2.45) is 12.8 Å². The standard InChI is InChI=1S/C11H16N4/c1-6-5-7(2)13-11-9(6)10(8(3)12)14-15(11)4/h5,8H,12H2,1-4H3.